The zero-order valence-corrected chi connectivity index (χ0v) is 21.0. The molecule has 2 aliphatic rings. The molecule has 1 fully saturated rings. The van der Waals surface area contributed by atoms with Crippen molar-refractivity contribution in [2.45, 2.75) is 37.0 Å². The maximum Gasteiger partial charge on any atom is 0.490 e. The van der Waals surface area contributed by atoms with E-state index in [0.717, 1.165) is 22.4 Å². The molecule has 13 heteroatoms. The van der Waals surface area contributed by atoms with Crippen molar-refractivity contribution in [3.63, 3.8) is 0 Å². The number of nitrogens with zero attached hydrogens (tertiary/aromatic N) is 2. The van der Waals surface area contributed by atoms with Gasteiger partial charge in [-0.3, -0.25) is 9.59 Å². The largest absolute Gasteiger partial charge is 0.490 e. The van der Waals surface area contributed by atoms with E-state index in [1.807, 2.05) is 42.5 Å². The number of benzene rings is 2. The molecule has 2 heterocycles. The number of nitrogens with two attached hydrogens (primary N) is 1. The molecule has 4 rings (SSSR count). The fourth-order valence-electron chi connectivity index (χ4n) is 3.91. The lowest BCUT2D eigenvalue weighted by Crippen LogP contribution is -2.58. The van der Waals surface area contributed by atoms with Crippen molar-refractivity contribution in [2.75, 3.05) is 31.8 Å². The Morgan fingerprint density at radius 2 is 1.77 bits per heavy atom. The number of carboxylic acid groups (broad SMARTS) is 1. The third kappa shape index (κ3) is 7.46. The number of alkyl halides is 3. The lowest BCUT2D eigenvalue weighted by molar-refractivity contribution is -0.192. The molecule has 2 aromatic rings. The molecule has 4 N–H and O–H groups in total. The predicted molar refractivity (Wildman–Crippen MR) is 133 cm³/mol. The van der Waals surface area contributed by atoms with Crippen LogP contribution in [0.25, 0.3) is 11.1 Å². The molecule has 1 atom stereocenters. The molecule has 0 bridgehead atoms. The quantitative estimate of drug-likeness (QED) is 0.515. The monoisotopic (exact) mass is 548 g/mol. The van der Waals surface area contributed by atoms with Crippen LogP contribution in [0.3, 0.4) is 0 Å². The van der Waals surface area contributed by atoms with Gasteiger partial charge in [0.25, 0.3) is 5.91 Å². The number of aliphatic carboxylic acids is 1. The van der Waals surface area contributed by atoms with Gasteiger partial charge in [-0.25, -0.2) is 4.79 Å². The molecule has 10 nitrogen and oxygen atoms in total. The van der Waals surface area contributed by atoms with E-state index in [1.165, 1.54) is 0 Å². The van der Waals surface area contributed by atoms with Gasteiger partial charge in [-0.2, -0.15) is 18.4 Å². The number of hydrogen-bond acceptors (Lipinski definition) is 7. The number of carboxylic acids is 1. The Morgan fingerprint density at radius 1 is 1.18 bits per heavy atom. The van der Waals surface area contributed by atoms with Gasteiger partial charge >= 0.3 is 12.1 Å². The maximum atomic E-state index is 12.6. The summed E-state index contributed by atoms with van der Waals surface area (Å²) in [6.07, 6.45) is -3.82. The summed E-state index contributed by atoms with van der Waals surface area (Å²) in [5.74, 6) is -2.47. The highest BCUT2D eigenvalue weighted by Gasteiger charge is 2.38. The van der Waals surface area contributed by atoms with Gasteiger partial charge in [0.05, 0.1) is 17.3 Å². The number of amides is 2. The molecule has 0 aliphatic carbocycles. The summed E-state index contributed by atoms with van der Waals surface area (Å²) in [5.41, 5.74) is 8.82. The molecule has 0 radical (unpaired) electrons. The number of carbonyl (C=O) groups is 3. The minimum Gasteiger partial charge on any atom is -0.482 e. The Kier molecular flexibility index (Phi) is 9.15. The van der Waals surface area contributed by atoms with Crippen LogP contribution in [0.15, 0.2) is 42.5 Å². The standard InChI is InChI=1S/C24H26N4O4.C2HF3O2/c1-28-20-13-18(6-7-21(20)32-15-22(28)29)17-4-2-16(3-5-17)12-19(14-25)27-23(30)24(26)8-10-31-11-9-24;3-2(4,5)1(6)7/h2-7,13,19H,8-12,15,26H2,1H3,(H,27,30);(H,6,7)/t19-;/m0./s1. The van der Waals surface area contributed by atoms with E-state index >= 15 is 0 Å². The van der Waals surface area contributed by atoms with Gasteiger partial charge in [0.1, 0.15) is 11.8 Å². The average Bonchev–Trinajstić information content (AvgIpc) is 2.91. The van der Waals surface area contributed by atoms with Crippen molar-refractivity contribution in [2.24, 2.45) is 5.73 Å². The van der Waals surface area contributed by atoms with E-state index in [2.05, 4.69) is 11.4 Å². The molecule has 2 amide bonds. The third-order valence-corrected chi connectivity index (χ3v) is 6.31. The summed E-state index contributed by atoms with van der Waals surface area (Å²) in [7, 11) is 1.73. The maximum absolute atomic E-state index is 12.6. The Hall–Kier alpha value is -4.15. The smallest absolute Gasteiger partial charge is 0.482 e. The van der Waals surface area contributed by atoms with Crippen LogP contribution in [-0.2, 0) is 25.5 Å². The van der Waals surface area contributed by atoms with Crippen LogP contribution in [0.2, 0.25) is 0 Å². The lowest BCUT2D eigenvalue weighted by atomic mass is 9.90. The molecule has 2 aromatic carbocycles. The SMILES string of the molecule is CN1C(=O)COc2ccc(-c3ccc(C[C@@H](C#N)NC(=O)C4(N)CCOCC4)cc3)cc21.O=C(O)C(F)(F)F. The van der Waals surface area contributed by atoms with E-state index in [4.69, 9.17) is 25.1 Å². The highest BCUT2D eigenvalue weighted by Crippen LogP contribution is 2.35. The van der Waals surface area contributed by atoms with Gasteiger partial charge < -0.3 is 30.5 Å². The normalized spacial score (nSPS) is 16.9. The van der Waals surface area contributed by atoms with Crippen LogP contribution in [-0.4, -0.2) is 67.5 Å². The van der Waals surface area contributed by atoms with Crippen molar-refractivity contribution in [1.29, 1.82) is 5.26 Å². The molecule has 39 heavy (non-hydrogen) atoms. The number of halogens is 3. The molecule has 0 aromatic heterocycles. The second kappa shape index (κ2) is 12.1. The Balaban J connectivity index is 0.000000532. The first-order valence-corrected chi connectivity index (χ1v) is 11.8. The number of nitriles is 1. The van der Waals surface area contributed by atoms with Gasteiger partial charge in [-0.1, -0.05) is 30.3 Å². The summed E-state index contributed by atoms with van der Waals surface area (Å²) in [5, 5.41) is 19.4. The van der Waals surface area contributed by atoms with Gasteiger partial charge in [0, 0.05) is 26.7 Å². The number of carbonyl (C=O) groups excluding carboxylic acids is 2. The minimum atomic E-state index is -5.08. The molecular formula is C26H27F3N4O6. The summed E-state index contributed by atoms with van der Waals surface area (Å²) < 4.78 is 42.5. The van der Waals surface area contributed by atoms with Gasteiger partial charge in [0.15, 0.2) is 6.61 Å². The topological polar surface area (TPSA) is 155 Å². The lowest BCUT2D eigenvalue weighted by Gasteiger charge is -2.32. The van der Waals surface area contributed by atoms with E-state index in [1.54, 1.807) is 11.9 Å². The number of anilines is 1. The summed E-state index contributed by atoms with van der Waals surface area (Å²) in [6.45, 7) is 0.940. The first-order chi connectivity index (χ1) is 18.3. The fourth-order valence-corrected chi connectivity index (χ4v) is 3.91. The molecule has 2 aliphatic heterocycles. The Bertz CT molecular complexity index is 1250. The minimum absolute atomic E-state index is 0.0488. The van der Waals surface area contributed by atoms with E-state index in [-0.39, 0.29) is 18.4 Å². The van der Waals surface area contributed by atoms with Crippen molar-refractivity contribution < 1.29 is 42.1 Å². The van der Waals surface area contributed by atoms with Crippen LogP contribution < -0.4 is 20.7 Å². The van der Waals surface area contributed by atoms with E-state index in [0.29, 0.717) is 38.2 Å². The highest BCUT2D eigenvalue weighted by molar-refractivity contribution is 5.98. The van der Waals surface area contributed by atoms with Crippen molar-refractivity contribution >= 4 is 23.5 Å². The number of rotatable bonds is 5. The average molecular weight is 549 g/mol. The van der Waals surface area contributed by atoms with Gasteiger partial charge in [-0.05, 0) is 41.7 Å². The van der Waals surface area contributed by atoms with Gasteiger partial charge in [0.2, 0.25) is 5.91 Å². The van der Waals surface area contributed by atoms with Crippen molar-refractivity contribution in [3.05, 3.63) is 48.0 Å². The zero-order valence-electron chi connectivity index (χ0n) is 21.0. The number of hydrogen-bond donors (Lipinski definition) is 3. The zero-order chi connectivity index (χ0) is 28.8. The predicted octanol–water partition coefficient (Wildman–Crippen LogP) is 2.40. The Labute approximate surface area is 222 Å². The second-order valence-electron chi connectivity index (χ2n) is 9.05. The Morgan fingerprint density at radius 3 is 2.33 bits per heavy atom. The number of ether oxygens (including phenoxy) is 2. The summed E-state index contributed by atoms with van der Waals surface area (Å²) in [4.78, 5) is 35.0. The molecule has 0 spiro atoms. The van der Waals surface area contributed by atoms with Crippen LogP contribution >= 0.6 is 0 Å². The summed E-state index contributed by atoms with van der Waals surface area (Å²) in [6, 6.07) is 15.0. The second-order valence-corrected chi connectivity index (χ2v) is 9.05. The van der Waals surface area contributed by atoms with E-state index in [9.17, 15) is 28.0 Å². The molecule has 1 saturated heterocycles. The summed E-state index contributed by atoms with van der Waals surface area (Å²) >= 11 is 0. The van der Waals surface area contributed by atoms with Crippen LogP contribution in [0.5, 0.6) is 5.75 Å². The number of nitrogens with one attached hydrogen (secondary N) is 1. The van der Waals surface area contributed by atoms with Gasteiger partial charge in [-0.15, -0.1) is 0 Å². The van der Waals surface area contributed by atoms with Crippen LogP contribution in [0.4, 0.5) is 18.9 Å². The van der Waals surface area contributed by atoms with Crippen LogP contribution in [0.1, 0.15) is 18.4 Å². The van der Waals surface area contributed by atoms with Crippen LogP contribution in [0, 0.1) is 11.3 Å². The first-order valence-electron chi connectivity index (χ1n) is 11.8. The molecule has 208 valence electrons. The third-order valence-electron chi connectivity index (χ3n) is 6.31. The molecule has 0 saturated carbocycles. The van der Waals surface area contributed by atoms with Crippen molar-refractivity contribution in [3.8, 4) is 22.9 Å². The highest BCUT2D eigenvalue weighted by atomic mass is 19.4. The molecule has 0 unspecified atom stereocenters. The number of likely N-dealkylation sites (N-methyl/N-ethyl adjacent to an activating group) is 1. The van der Waals surface area contributed by atoms with E-state index < -0.39 is 23.7 Å². The number of fused-ring (bicyclic) bond motifs is 1. The van der Waals surface area contributed by atoms with Crippen molar-refractivity contribution in [1.82, 2.24) is 5.32 Å². The fraction of sp³-hybridized carbons (Fsp3) is 0.385. The first kappa shape index (κ1) is 29.4. The molecular weight excluding hydrogens is 521 g/mol.